The fourth-order valence-electron chi connectivity index (χ4n) is 3.06. The van der Waals surface area contributed by atoms with Crippen LogP contribution in [0.2, 0.25) is 0 Å². The van der Waals surface area contributed by atoms with E-state index in [4.69, 9.17) is 9.47 Å². The Balaban J connectivity index is 2.16. The quantitative estimate of drug-likeness (QED) is 0.837. The molecule has 1 aromatic rings. The number of carbonyl (C=O) groups is 1. The zero-order valence-electron chi connectivity index (χ0n) is 13.4. The van der Waals surface area contributed by atoms with Crippen molar-refractivity contribution in [3.05, 3.63) is 29.5 Å². The monoisotopic (exact) mass is 313 g/mol. The molecule has 0 radical (unpaired) electrons. The first-order valence-corrected chi connectivity index (χ1v) is 7.50. The number of nitrogens with one attached hydrogen (secondary N) is 1. The van der Waals surface area contributed by atoms with Crippen LogP contribution < -0.4 is 14.8 Å². The first-order valence-electron chi connectivity index (χ1n) is 7.50. The average molecular weight is 313 g/mol. The number of aliphatic hydroxyl groups is 1. The van der Waals surface area contributed by atoms with Crippen molar-refractivity contribution in [1.82, 2.24) is 5.32 Å². The molecule has 1 fully saturated rings. The minimum Gasteiger partial charge on any atom is -0.508 e. The highest BCUT2D eigenvalue weighted by Gasteiger charge is 2.54. The first kappa shape index (κ1) is 15.3. The van der Waals surface area contributed by atoms with Gasteiger partial charge < -0.3 is 19.9 Å². The molecule has 23 heavy (non-hydrogen) atoms. The van der Waals surface area contributed by atoms with Gasteiger partial charge in [-0.15, -0.1) is 5.92 Å². The Morgan fingerprint density at radius 3 is 2.61 bits per heavy atom. The summed E-state index contributed by atoms with van der Waals surface area (Å²) in [6.07, 6.45) is 1.87. The molecule has 0 bridgehead atoms. The third-order valence-electron chi connectivity index (χ3n) is 4.34. The topological polar surface area (TPSA) is 67.8 Å². The minimum atomic E-state index is -0.966. The third kappa shape index (κ3) is 2.31. The predicted octanol–water partition coefficient (Wildman–Crippen LogP) is 2.27. The molecule has 1 aromatic carbocycles. The van der Waals surface area contributed by atoms with Crippen LogP contribution >= 0.6 is 0 Å². The third-order valence-corrected chi connectivity index (χ3v) is 4.34. The van der Waals surface area contributed by atoms with E-state index >= 15 is 0 Å². The van der Waals surface area contributed by atoms with Crippen LogP contribution in [-0.2, 0) is 4.79 Å². The molecular weight excluding hydrogens is 294 g/mol. The molecule has 120 valence electrons. The summed E-state index contributed by atoms with van der Waals surface area (Å²) in [5.41, 5.74) is -0.213. The van der Waals surface area contributed by atoms with Gasteiger partial charge in [0.25, 0.3) is 5.91 Å². The highest BCUT2D eigenvalue weighted by molar-refractivity contribution is 6.24. The van der Waals surface area contributed by atoms with E-state index in [9.17, 15) is 9.90 Å². The highest BCUT2D eigenvalue weighted by atomic mass is 16.5. The summed E-state index contributed by atoms with van der Waals surface area (Å²) in [6, 6.07) is 5.13. The number of hydrogen-bond donors (Lipinski definition) is 2. The Bertz CT molecular complexity index is 752. The summed E-state index contributed by atoms with van der Waals surface area (Å²) in [7, 11) is 3.07. The summed E-state index contributed by atoms with van der Waals surface area (Å²) in [5, 5.41) is 13.7. The molecular formula is C18H19NO4. The summed E-state index contributed by atoms with van der Waals surface area (Å²) >= 11 is 0. The van der Waals surface area contributed by atoms with Crippen LogP contribution in [0.1, 0.15) is 25.3 Å². The van der Waals surface area contributed by atoms with E-state index in [-0.39, 0.29) is 23.2 Å². The second-order valence-corrected chi connectivity index (χ2v) is 5.70. The maximum atomic E-state index is 12.5. The van der Waals surface area contributed by atoms with Crippen LogP contribution in [0.15, 0.2) is 24.0 Å². The lowest BCUT2D eigenvalue weighted by atomic mass is 9.91. The van der Waals surface area contributed by atoms with Crippen LogP contribution in [0.3, 0.4) is 0 Å². The molecule has 1 aliphatic heterocycles. The van der Waals surface area contributed by atoms with E-state index in [0.717, 1.165) is 12.8 Å². The van der Waals surface area contributed by atoms with Crippen LogP contribution in [0, 0.1) is 17.8 Å². The van der Waals surface area contributed by atoms with Gasteiger partial charge in [-0.1, -0.05) is 5.92 Å². The van der Waals surface area contributed by atoms with E-state index in [1.807, 2.05) is 0 Å². The summed E-state index contributed by atoms with van der Waals surface area (Å²) in [6.45, 7) is 1.70. The predicted molar refractivity (Wildman–Crippen MR) is 86.1 cm³/mol. The van der Waals surface area contributed by atoms with Crippen molar-refractivity contribution in [3.8, 4) is 23.3 Å². The smallest absolute Gasteiger partial charge is 0.257 e. The van der Waals surface area contributed by atoms with E-state index in [1.165, 1.54) is 7.11 Å². The van der Waals surface area contributed by atoms with Gasteiger partial charge in [0.1, 0.15) is 17.3 Å². The van der Waals surface area contributed by atoms with Gasteiger partial charge in [-0.25, -0.2) is 0 Å². The number of amides is 1. The van der Waals surface area contributed by atoms with Crippen molar-refractivity contribution >= 4 is 11.5 Å². The van der Waals surface area contributed by atoms with Gasteiger partial charge in [0.05, 0.1) is 19.8 Å². The van der Waals surface area contributed by atoms with Gasteiger partial charge in [-0.2, -0.15) is 0 Å². The number of carbonyl (C=O) groups excluding carboxylic acids is 1. The number of rotatable bonds is 4. The van der Waals surface area contributed by atoms with Crippen molar-refractivity contribution in [2.45, 2.75) is 25.3 Å². The number of methoxy groups -OCH3 is 2. The molecule has 0 aromatic heterocycles. The zero-order chi connectivity index (χ0) is 16.6. The molecule has 2 aliphatic rings. The van der Waals surface area contributed by atoms with Crippen LogP contribution in [0.25, 0.3) is 5.57 Å². The lowest BCUT2D eigenvalue weighted by Gasteiger charge is -2.23. The largest absolute Gasteiger partial charge is 0.508 e. The van der Waals surface area contributed by atoms with Gasteiger partial charge in [0.15, 0.2) is 5.54 Å². The van der Waals surface area contributed by atoms with Gasteiger partial charge >= 0.3 is 0 Å². The van der Waals surface area contributed by atoms with Gasteiger partial charge in [-0.3, -0.25) is 4.79 Å². The van der Waals surface area contributed by atoms with Gasteiger partial charge in [0, 0.05) is 17.5 Å². The van der Waals surface area contributed by atoms with Crippen molar-refractivity contribution < 1.29 is 19.4 Å². The minimum absolute atomic E-state index is 0.0113. The normalized spacial score (nSPS) is 23.2. The fourth-order valence-corrected chi connectivity index (χ4v) is 3.06. The van der Waals surface area contributed by atoms with Crippen molar-refractivity contribution in [3.63, 3.8) is 0 Å². The molecule has 1 amide bonds. The van der Waals surface area contributed by atoms with E-state index < -0.39 is 5.54 Å². The number of hydrogen-bond acceptors (Lipinski definition) is 4. The summed E-state index contributed by atoms with van der Waals surface area (Å²) in [5.74, 6) is 6.73. The highest BCUT2D eigenvalue weighted by Crippen LogP contribution is 2.48. The van der Waals surface area contributed by atoms with Crippen molar-refractivity contribution in [1.29, 1.82) is 0 Å². The second-order valence-electron chi connectivity index (χ2n) is 5.70. The molecule has 1 saturated carbocycles. The molecule has 3 rings (SSSR count). The van der Waals surface area contributed by atoms with E-state index in [2.05, 4.69) is 17.2 Å². The number of aliphatic hydroxyl groups excluding tert-OH is 1. The lowest BCUT2D eigenvalue weighted by Crippen LogP contribution is -2.45. The second kappa shape index (κ2) is 5.54. The van der Waals surface area contributed by atoms with Crippen LogP contribution in [-0.4, -0.2) is 30.8 Å². The standard InChI is InChI=1S/C18H19NO4/c1-4-9-18(11-5-6-11)16(20)15(17(21)19-18)13-8-7-12(22-2)10-14(13)23-3/h7-8,10-11,20H,5-6H2,1-3H3,(H,19,21). The first-order chi connectivity index (χ1) is 11.1. The maximum Gasteiger partial charge on any atom is 0.257 e. The average Bonchev–Trinajstić information content (AvgIpc) is 3.36. The van der Waals surface area contributed by atoms with E-state index in [1.54, 1.807) is 32.2 Å². The molecule has 1 aliphatic carbocycles. The zero-order valence-corrected chi connectivity index (χ0v) is 13.4. The Morgan fingerprint density at radius 1 is 1.30 bits per heavy atom. The van der Waals surface area contributed by atoms with Crippen molar-refractivity contribution in [2.24, 2.45) is 5.92 Å². The molecule has 1 unspecified atom stereocenters. The Labute approximate surface area is 135 Å². The molecule has 1 atom stereocenters. The Morgan fingerprint density at radius 2 is 2.04 bits per heavy atom. The summed E-state index contributed by atoms with van der Waals surface area (Å²) < 4.78 is 10.5. The molecule has 5 nitrogen and oxygen atoms in total. The molecule has 5 heteroatoms. The SMILES string of the molecule is CC#CC1(C2CC2)NC(=O)C(c2ccc(OC)cc2OC)=C1O. The molecule has 2 N–H and O–H groups in total. The Hall–Kier alpha value is -2.61. The molecule has 1 heterocycles. The van der Waals surface area contributed by atoms with Crippen LogP contribution in [0.5, 0.6) is 11.5 Å². The summed E-state index contributed by atoms with van der Waals surface area (Å²) in [4.78, 5) is 12.5. The van der Waals surface area contributed by atoms with Crippen molar-refractivity contribution in [2.75, 3.05) is 14.2 Å². The molecule has 0 spiro atoms. The Kier molecular flexibility index (Phi) is 3.69. The number of ether oxygens (including phenoxy) is 2. The lowest BCUT2D eigenvalue weighted by molar-refractivity contribution is -0.115. The van der Waals surface area contributed by atoms with Crippen LogP contribution in [0.4, 0.5) is 0 Å². The maximum absolute atomic E-state index is 12.5. The fraction of sp³-hybridized carbons (Fsp3) is 0.389. The number of benzene rings is 1. The van der Waals surface area contributed by atoms with E-state index in [0.29, 0.717) is 17.1 Å². The van der Waals surface area contributed by atoms with Gasteiger partial charge in [0.2, 0.25) is 0 Å². The van der Waals surface area contributed by atoms with Gasteiger partial charge in [-0.05, 0) is 31.9 Å². The molecule has 0 saturated heterocycles.